The lowest BCUT2D eigenvalue weighted by Crippen LogP contribution is -2.11. The maximum Gasteiger partial charge on any atom is 0.255 e. The van der Waals surface area contributed by atoms with E-state index in [0.717, 1.165) is 25.8 Å². The number of aromatic nitrogens is 1. The van der Waals surface area contributed by atoms with Crippen molar-refractivity contribution in [2.45, 2.75) is 10.1 Å². The number of nitrogens with one attached hydrogen (secondary N) is 1. The molecule has 6 heteroatoms. The quantitative estimate of drug-likeness (QED) is 0.435. The van der Waals surface area contributed by atoms with Crippen molar-refractivity contribution < 1.29 is 4.79 Å². The Bertz CT molecular complexity index is 1180. The van der Waals surface area contributed by atoms with E-state index in [1.165, 1.54) is 0 Å². The Labute approximate surface area is 170 Å². The van der Waals surface area contributed by atoms with Gasteiger partial charge in [-0.15, -0.1) is 11.3 Å². The molecule has 1 amide bonds. The van der Waals surface area contributed by atoms with E-state index >= 15 is 0 Å². The van der Waals surface area contributed by atoms with E-state index in [2.05, 4.69) is 16.4 Å². The fraction of sp³-hybridized carbons (Fsp3) is 0.0455. The van der Waals surface area contributed by atoms with Gasteiger partial charge in [-0.05, 0) is 42.0 Å². The van der Waals surface area contributed by atoms with Crippen molar-refractivity contribution in [2.75, 3.05) is 5.32 Å². The molecule has 0 aliphatic carbocycles. The summed E-state index contributed by atoms with van der Waals surface area (Å²) in [5, 5.41) is 12.1. The molecule has 0 bridgehead atoms. The van der Waals surface area contributed by atoms with Gasteiger partial charge in [0.05, 0.1) is 21.8 Å². The van der Waals surface area contributed by atoms with Gasteiger partial charge in [-0.3, -0.25) is 4.79 Å². The molecular weight excluding hydrogens is 386 g/mol. The van der Waals surface area contributed by atoms with E-state index in [0.29, 0.717) is 16.9 Å². The summed E-state index contributed by atoms with van der Waals surface area (Å²) in [7, 11) is 0. The van der Waals surface area contributed by atoms with Gasteiger partial charge in [0.15, 0.2) is 4.34 Å². The van der Waals surface area contributed by atoms with Gasteiger partial charge in [0.25, 0.3) is 5.91 Å². The number of carbonyl (C=O) groups excluding carboxylic acids is 1. The molecule has 4 aromatic rings. The number of fused-ring (bicyclic) bond motifs is 1. The Balaban J connectivity index is 1.49. The smallest absolute Gasteiger partial charge is 0.255 e. The van der Waals surface area contributed by atoms with Crippen LogP contribution >= 0.6 is 23.1 Å². The van der Waals surface area contributed by atoms with Gasteiger partial charge < -0.3 is 5.32 Å². The third kappa shape index (κ3) is 4.06. The van der Waals surface area contributed by atoms with Crippen LogP contribution in [0.2, 0.25) is 0 Å². The molecule has 28 heavy (non-hydrogen) atoms. The highest BCUT2D eigenvalue weighted by Crippen LogP contribution is 2.33. The highest BCUT2D eigenvalue weighted by Gasteiger charge is 2.10. The Hall–Kier alpha value is -3.14. The van der Waals surface area contributed by atoms with Crippen molar-refractivity contribution in [2.24, 2.45) is 0 Å². The number of nitriles is 1. The van der Waals surface area contributed by atoms with Crippen molar-refractivity contribution in [1.82, 2.24) is 4.98 Å². The van der Waals surface area contributed by atoms with Gasteiger partial charge in [-0.25, -0.2) is 4.98 Å². The summed E-state index contributed by atoms with van der Waals surface area (Å²) in [6, 6.07) is 24.7. The van der Waals surface area contributed by atoms with Gasteiger partial charge in [0.1, 0.15) is 0 Å². The number of thioether (sulfide) groups is 1. The highest BCUT2D eigenvalue weighted by molar-refractivity contribution is 8.00. The Morgan fingerprint density at radius 3 is 2.68 bits per heavy atom. The van der Waals surface area contributed by atoms with Gasteiger partial charge in [-0.1, -0.05) is 48.2 Å². The fourth-order valence-corrected chi connectivity index (χ4v) is 4.84. The fourth-order valence-electron chi connectivity index (χ4n) is 2.73. The van der Waals surface area contributed by atoms with Crippen LogP contribution in [0.15, 0.2) is 77.1 Å². The number of thiazole rings is 1. The van der Waals surface area contributed by atoms with Crippen LogP contribution in [-0.2, 0) is 5.75 Å². The molecule has 1 heterocycles. The predicted octanol–water partition coefficient (Wildman–Crippen LogP) is 5.71. The second-order valence-corrected chi connectivity index (χ2v) is 8.29. The summed E-state index contributed by atoms with van der Waals surface area (Å²) >= 11 is 3.20. The number of hydrogen-bond donors (Lipinski definition) is 1. The van der Waals surface area contributed by atoms with Crippen LogP contribution in [0.5, 0.6) is 0 Å². The Morgan fingerprint density at radius 2 is 1.86 bits per heavy atom. The van der Waals surface area contributed by atoms with E-state index in [1.54, 1.807) is 35.2 Å². The number of benzene rings is 3. The zero-order chi connectivity index (χ0) is 19.3. The Morgan fingerprint density at radius 1 is 1.07 bits per heavy atom. The first-order valence-corrected chi connectivity index (χ1v) is 10.4. The summed E-state index contributed by atoms with van der Waals surface area (Å²) in [5.41, 5.74) is 3.97. The summed E-state index contributed by atoms with van der Waals surface area (Å²) in [6.07, 6.45) is 0. The molecule has 1 N–H and O–H groups in total. The van der Waals surface area contributed by atoms with Crippen LogP contribution < -0.4 is 5.32 Å². The molecule has 0 atom stereocenters. The normalized spacial score (nSPS) is 10.5. The molecule has 136 valence electrons. The van der Waals surface area contributed by atoms with E-state index in [9.17, 15) is 10.1 Å². The molecule has 4 nitrogen and oxygen atoms in total. The molecule has 1 aromatic heterocycles. The van der Waals surface area contributed by atoms with Crippen LogP contribution in [0.1, 0.15) is 21.5 Å². The lowest BCUT2D eigenvalue weighted by atomic mass is 10.1. The van der Waals surface area contributed by atoms with E-state index in [1.807, 2.05) is 60.7 Å². The number of amides is 1. The lowest BCUT2D eigenvalue weighted by molar-refractivity contribution is 0.102. The van der Waals surface area contributed by atoms with Gasteiger partial charge in [-0.2, -0.15) is 5.26 Å². The molecule has 4 rings (SSSR count). The molecular formula is C22H15N3OS2. The molecule has 0 fully saturated rings. The third-order valence-corrected chi connectivity index (χ3v) is 6.36. The van der Waals surface area contributed by atoms with Crippen molar-refractivity contribution in [3.8, 4) is 6.07 Å². The maximum absolute atomic E-state index is 12.3. The minimum absolute atomic E-state index is 0.132. The van der Waals surface area contributed by atoms with E-state index in [-0.39, 0.29) is 5.91 Å². The minimum atomic E-state index is -0.132. The second kappa shape index (κ2) is 8.26. The van der Waals surface area contributed by atoms with Gasteiger partial charge in [0.2, 0.25) is 0 Å². The zero-order valence-corrected chi connectivity index (χ0v) is 16.4. The summed E-state index contributed by atoms with van der Waals surface area (Å²) < 4.78 is 1.95. The lowest BCUT2D eigenvalue weighted by Gasteiger charge is -2.04. The second-order valence-electron chi connectivity index (χ2n) is 6.04. The van der Waals surface area contributed by atoms with Crippen LogP contribution in [0.4, 0.5) is 5.69 Å². The van der Waals surface area contributed by atoms with Crippen LogP contribution in [0.25, 0.3) is 10.2 Å². The monoisotopic (exact) mass is 401 g/mol. The molecule has 0 saturated heterocycles. The first-order chi connectivity index (χ1) is 13.7. The largest absolute Gasteiger partial charge is 0.322 e. The standard InChI is InChI=1S/C22H15N3OS2/c23-13-16-8-4-5-9-17(16)14-27-22-25-19-11-10-18(12-20(19)28-22)24-21(26)15-6-2-1-3-7-15/h1-12H,14H2,(H,24,26). The van der Waals surface area contributed by atoms with Crippen LogP contribution in [-0.4, -0.2) is 10.9 Å². The summed E-state index contributed by atoms with van der Waals surface area (Å²) in [6.45, 7) is 0. The first-order valence-electron chi connectivity index (χ1n) is 8.61. The molecule has 0 unspecified atom stereocenters. The van der Waals surface area contributed by atoms with Gasteiger partial charge in [0, 0.05) is 17.0 Å². The number of carbonyl (C=O) groups is 1. The highest BCUT2D eigenvalue weighted by atomic mass is 32.2. The zero-order valence-electron chi connectivity index (χ0n) is 14.8. The topological polar surface area (TPSA) is 65.8 Å². The number of anilines is 1. The SMILES string of the molecule is N#Cc1ccccc1CSc1nc2ccc(NC(=O)c3ccccc3)cc2s1. The van der Waals surface area contributed by atoms with Crippen molar-refractivity contribution >= 4 is 44.9 Å². The van der Waals surface area contributed by atoms with Crippen molar-refractivity contribution in [3.05, 3.63) is 89.5 Å². The molecule has 3 aromatic carbocycles. The minimum Gasteiger partial charge on any atom is -0.322 e. The summed E-state index contributed by atoms with van der Waals surface area (Å²) in [5.74, 6) is 0.563. The first kappa shape index (κ1) is 18.2. The maximum atomic E-state index is 12.3. The van der Waals surface area contributed by atoms with Crippen molar-refractivity contribution in [1.29, 1.82) is 5.26 Å². The van der Waals surface area contributed by atoms with E-state index in [4.69, 9.17) is 0 Å². The molecule has 0 aliphatic rings. The average Bonchev–Trinajstić information content (AvgIpc) is 3.15. The molecule has 0 saturated carbocycles. The van der Waals surface area contributed by atoms with Crippen LogP contribution in [0.3, 0.4) is 0 Å². The number of nitrogens with zero attached hydrogens (tertiary/aromatic N) is 2. The van der Waals surface area contributed by atoms with E-state index < -0.39 is 0 Å². The number of hydrogen-bond acceptors (Lipinski definition) is 5. The van der Waals surface area contributed by atoms with Crippen molar-refractivity contribution in [3.63, 3.8) is 0 Å². The summed E-state index contributed by atoms with van der Waals surface area (Å²) in [4.78, 5) is 17.0. The molecule has 0 spiro atoms. The average molecular weight is 402 g/mol. The van der Waals surface area contributed by atoms with Crippen LogP contribution in [0, 0.1) is 11.3 Å². The molecule has 0 radical (unpaired) electrons. The Kier molecular flexibility index (Phi) is 5.38. The number of rotatable bonds is 5. The predicted molar refractivity (Wildman–Crippen MR) is 115 cm³/mol. The van der Waals surface area contributed by atoms with Gasteiger partial charge >= 0.3 is 0 Å². The third-order valence-electron chi connectivity index (χ3n) is 4.15. The molecule has 0 aliphatic heterocycles.